The van der Waals surface area contributed by atoms with E-state index in [2.05, 4.69) is 15.4 Å². The van der Waals surface area contributed by atoms with Crippen molar-refractivity contribution in [3.63, 3.8) is 0 Å². The molecule has 0 aliphatic carbocycles. The molecule has 0 saturated heterocycles. The fourth-order valence-electron chi connectivity index (χ4n) is 2.34. The monoisotopic (exact) mass is 338 g/mol. The second-order valence-corrected chi connectivity index (χ2v) is 5.24. The van der Waals surface area contributed by atoms with Gasteiger partial charge in [-0.05, 0) is 24.3 Å². The fraction of sp³-hybridized carbons (Fsp3) is 0.167. The Kier molecular flexibility index (Phi) is 4.94. The Morgan fingerprint density at radius 3 is 2.76 bits per heavy atom. The van der Waals surface area contributed by atoms with Crippen molar-refractivity contribution in [2.24, 2.45) is 0 Å². The number of amides is 1. The molecule has 0 fully saturated rings. The Balaban J connectivity index is 1.71. The van der Waals surface area contributed by atoms with Crippen molar-refractivity contribution in [1.82, 2.24) is 14.8 Å². The second-order valence-electron chi connectivity index (χ2n) is 5.24. The average molecular weight is 338 g/mol. The molecule has 0 saturated carbocycles. The summed E-state index contributed by atoms with van der Waals surface area (Å²) < 4.78 is 12.1. The molecule has 2 heterocycles. The van der Waals surface area contributed by atoms with Crippen molar-refractivity contribution in [2.75, 3.05) is 19.5 Å². The van der Waals surface area contributed by atoms with Crippen LogP contribution in [0.1, 0.15) is 16.1 Å². The number of hydrogen-bond donors (Lipinski definition) is 1. The van der Waals surface area contributed by atoms with Crippen LogP contribution in [0.5, 0.6) is 11.5 Å². The molecule has 7 nitrogen and oxygen atoms in total. The van der Waals surface area contributed by atoms with Gasteiger partial charge in [-0.3, -0.25) is 14.5 Å². The molecular weight excluding hydrogens is 320 g/mol. The van der Waals surface area contributed by atoms with Crippen LogP contribution in [0.25, 0.3) is 0 Å². The van der Waals surface area contributed by atoms with E-state index in [1.807, 2.05) is 18.2 Å². The van der Waals surface area contributed by atoms with Crippen LogP contribution < -0.4 is 14.8 Å². The van der Waals surface area contributed by atoms with Gasteiger partial charge in [0.25, 0.3) is 5.91 Å². The van der Waals surface area contributed by atoms with E-state index in [-0.39, 0.29) is 5.91 Å². The van der Waals surface area contributed by atoms with Gasteiger partial charge in [-0.25, -0.2) is 0 Å². The average Bonchev–Trinajstić information content (AvgIpc) is 3.08. The highest BCUT2D eigenvalue weighted by molar-refractivity contribution is 6.05. The number of methoxy groups -OCH3 is 2. The van der Waals surface area contributed by atoms with E-state index in [0.29, 0.717) is 29.4 Å². The summed E-state index contributed by atoms with van der Waals surface area (Å²) in [4.78, 5) is 16.7. The smallest absolute Gasteiger partial charge is 0.260 e. The van der Waals surface area contributed by atoms with E-state index in [0.717, 1.165) is 5.69 Å². The summed E-state index contributed by atoms with van der Waals surface area (Å²) in [6.07, 6.45) is 3.52. The van der Waals surface area contributed by atoms with Gasteiger partial charge >= 0.3 is 0 Å². The third-order valence-corrected chi connectivity index (χ3v) is 3.59. The van der Waals surface area contributed by atoms with Gasteiger partial charge in [0.1, 0.15) is 11.5 Å². The summed E-state index contributed by atoms with van der Waals surface area (Å²) in [6, 6.07) is 12.5. The van der Waals surface area contributed by atoms with Gasteiger partial charge in [0, 0.05) is 24.5 Å². The number of carbonyl (C=O) groups is 1. The second kappa shape index (κ2) is 7.48. The maximum absolute atomic E-state index is 12.5. The number of benzene rings is 1. The lowest BCUT2D eigenvalue weighted by molar-refractivity contribution is 0.102. The quantitative estimate of drug-likeness (QED) is 0.747. The lowest BCUT2D eigenvalue weighted by Gasteiger charge is -2.09. The number of ether oxygens (including phenoxy) is 2. The topological polar surface area (TPSA) is 78.3 Å². The summed E-state index contributed by atoms with van der Waals surface area (Å²) in [6.45, 7) is 0.530. The van der Waals surface area contributed by atoms with Gasteiger partial charge in [0.05, 0.1) is 32.0 Å². The van der Waals surface area contributed by atoms with E-state index in [1.165, 1.54) is 7.11 Å². The molecule has 0 aliphatic rings. The van der Waals surface area contributed by atoms with Gasteiger partial charge < -0.3 is 14.8 Å². The fourth-order valence-corrected chi connectivity index (χ4v) is 2.34. The van der Waals surface area contributed by atoms with Crippen molar-refractivity contribution in [2.45, 2.75) is 6.54 Å². The Hall–Kier alpha value is -3.35. The lowest BCUT2D eigenvalue weighted by atomic mass is 10.1. The number of anilines is 1. The van der Waals surface area contributed by atoms with Gasteiger partial charge in [0.15, 0.2) is 5.82 Å². The summed E-state index contributed by atoms with van der Waals surface area (Å²) in [5, 5.41) is 7.10. The summed E-state index contributed by atoms with van der Waals surface area (Å²) >= 11 is 0. The minimum atomic E-state index is -0.303. The van der Waals surface area contributed by atoms with Gasteiger partial charge in [-0.1, -0.05) is 6.07 Å². The van der Waals surface area contributed by atoms with Crippen LogP contribution in [0.2, 0.25) is 0 Å². The van der Waals surface area contributed by atoms with Crippen molar-refractivity contribution in [3.05, 3.63) is 66.1 Å². The number of hydrogen-bond acceptors (Lipinski definition) is 5. The van der Waals surface area contributed by atoms with Crippen LogP contribution in [0.4, 0.5) is 5.82 Å². The predicted molar refractivity (Wildman–Crippen MR) is 93.1 cm³/mol. The molecule has 0 aliphatic heterocycles. The van der Waals surface area contributed by atoms with E-state index in [1.54, 1.807) is 48.5 Å². The molecule has 1 aromatic carbocycles. The zero-order valence-electron chi connectivity index (χ0n) is 14.0. The van der Waals surface area contributed by atoms with Crippen molar-refractivity contribution < 1.29 is 14.3 Å². The zero-order chi connectivity index (χ0) is 17.6. The van der Waals surface area contributed by atoms with Crippen LogP contribution >= 0.6 is 0 Å². The van der Waals surface area contributed by atoms with Crippen molar-refractivity contribution in [1.29, 1.82) is 0 Å². The van der Waals surface area contributed by atoms with Crippen LogP contribution in [-0.2, 0) is 6.54 Å². The first-order valence-electron chi connectivity index (χ1n) is 7.66. The van der Waals surface area contributed by atoms with Crippen molar-refractivity contribution >= 4 is 11.7 Å². The standard InChI is InChI=1S/C18H18N4O3/c1-24-14-6-7-15(16(11-14)25-2)18(23)20-17-8-10-22(21-17)12-13-5-3-4-9-19-13/h3-11H,12H2,1-2H3,(H,20,21,23). The van der Waals surface area contributed by atoms with E-state index < -0.39 is 0 Å². The molecule has 1 N–H and O–H groups in total. The number of aromatic nitrogens is 3. The number of pyridine rings is 1. The molecule has 7 heteroatoms. The van der Waals surface area contributed by atoms with E-state index >= 15 is 0 Å². The first kappa shape index (κ1) is 16.5. The van der Waals surface area contributed by atoms with Gasteiger partial charge in [0.2, 0.25) is 0 Å². The highest BCUT2D eigenvalue weighted by atomic mass is 16.5. The minimum absolute atomic E-state index is 0.303. The Morgan fingerprint density at radius 1 is 1.16 bits per heavy atom. The SMILES string of the molecule is COc1ccc(C(=O)Nc2ccn(Cc3ccccn3)n2)c(OC)c1. The lowest BCUT2D eigenvalue weighted by Crippen LogP contribution is -2.14. The molecule has 0 atom stereocenters. The summed E-state index contributed by atoms with van der Waals surface area (Å²) in [5.74, 6) is 1.21. The molecule has 128 valence electrons. The minimum Gasteiger partial charge on any atom is -0.497 e. The molecule has 0 radical (unpaired) electrons. The van der Waals surface area contributed by atoms with Crippen LogP contribution in [0.15, 0.2) is 54.9 Å². The third-order valence-electron chi connectivity index (χ3n) is 3.59. The summed E-state index contributed by atoms with van der Waals surface area (Å²) in [5.41, 5.74) is 1.29. The zero-order valence-corrected chi connectivity index (χ0v) is 14.0. The maximum atomic E-state index is 12.5. The third kappa shape index (κ3) is 3.95. The van der Waals surface area contributed by atoms with Gasteiger partial charge in [-0.2, -0.15) is 5.10 Å². The molecule has 3 rings (SSSR count). The van der Waals surface area contributed by atoms with Crippen molar-refractivity contribution in [3.8, 4) is 11.5 Å². The summed E-state index contributed by atoms with van der Waals surface area (Å²) in [7, 11) is 3.07. The first-order valence-corrected chi connectivity index (χ1v) is 7.66. The Labute approximate surface area is 145 Å². The van der Waals surface area contributed by atoms with Crippen LogP contribution in [0.3, 0.4) is 0 Å². The molecule has 25 heavy (non-hydrogen) atoms. The molecule has 0 unspecified atom stereocenters. The van der Waals surface area contributed by atoms with Crippen LogP contribution in [-0.4, -0.2) is 34.9 Å². The molecule has 0 spiro atoms. The maximum Gasteiger partial charge on any atom is 0.260 e. The number of rotatable bonds is 6. The molecular formula is C18H18N4O3. The van der Waals surface area contributed by atoms with E-state index in [4.69, 9.17) is 9.47 Å². The Bertz CT molecular complexity index is 862. The normalized spacial score (nSPS) is 10.3. The molecule has 2 aromatic heterocycles. The first-order chi connectivity index (χ1) is 12.2. The molecule has 0 bridgehead atoms. The van der Waals surface area contributed by atoms with E-state index in [9.17, 15) is 4.79 Å². The molecule has 3 aromatic rings. The number of carbonyl (C=O) groups excluding carboxylic acids is 1. The van der Waals surface area contributed by atoms with Gasteiger partial charge in [-0.15, -0.1) is 0 Å². The Morgan fingerprint density at radius 2 is 2.04 bits per heavy atom. The highest BCUT2D eigenvalue weighted by Crippen LogP contribution is 2.25. The highest BCUT2D eigenvalue weighted by Gasteiger charge is 2.14. The largest absolute Gasteiger partial charge is 0.497 e. The number of nitrogens with zero attached hydrogens (tertiary/aromatic N) is 3. The molecule has 1 amide bonds. The van der Waals surface area contributed by atoms with Crippen LogP contribution in [0, 0.1) is 0 Å². The number of nitrogens with one attached hydrogen (secondary N) is 1. The predicted octanol–water partition coefficient (Wildman–Crippen LogP) is 2.60.